The smallest absolute Gasteiger partial charge is 0.261 e. The highest BCUT2D eigenvalue weighted by Gasteiger charge is 2.13. The lowest BCUT2D eigenvalue weighted by atomic mass is 10.2. The lowest BCUT2D eigenvalue weighted by Crippen LogP contribution is -2.21. The zero-order chi connectivity index (χ0) is 19.3. The van der Waals surface area contributed by atoms with Crippen LogP contribution >= 0.6 is 0 Å². The SMILES string of the molecule is O=C(CCCn1cnc2ccccc2c1=O)Nc1ccc(N2CCCC2)nc1. The zero-order valence-electron chi connectivity index (χ0n) is 15.7. The minimum Gasteiger partial charge on any atom is -0.357 e. The molecule has 1 aromatic carbocycles. The van der Waals surface area contributed by atoms with E-state index in [1.165, 1.54) is 12.8 Å². The van der Waals surface area contributed by atoms with Gasteiger partial charge in [0.05, 0.1) is 29.1 Å². The maximum absolute atomic E-state index is 12.4. The number of amides is 1. The highest BCUT2D eigenvalue weighted by Crippen LogP contribution is 2.19. The third kappa shape index (κ3) is 4.03. The summed E-state index contributed by atoms with van der Waals surface area (Å²) in [6.45, 7) is 2.54. The highest BCUT2D eigenvalue weighted by molar-refractivity contribution is 5.90. The average Bonchev–Trinajstić information content (AvgIpc) is 3.25. The number of hydrogen-bond acceptors (Lipinski definition) is 5. The van der Waals surface area contributed by atoms with E-state index in [9.17, 15) is 9.59 Å². The van der Waals surface area contributed by atoms with Gasteiger partial charge < -0.3 is 10.2 Å². The summed E-state index contributed by atoms with van der Waals surface area (Å²) in [4.78, 5) is 35.6. The van der Waals surface area contributed by atoms with Crippen molar-refractivity contribution in [2.75, 3.05) is 23.3 Å². The van der Waals surface area contributed by atoms with Gasteiger partial charge in [-0.3, -0.25) is 14.2 Å². The van der Waals surface area contributed by atoms with Crippen molar-refractivity contribution in [3.63, 3.8) is 0 Å². The van der Waals surface area contributed by atoms with Gasteiger partial charge in [0.15, 0.2) is 0 Å². The molecule has 1 aliphatic heterocycles. The molecule has 1 fully saturated rings. The van der Waals surface area contributed by atoms with Gasteiger partial charge >= 0.3 is 0 Å². The number of anilines is 2. The van der Waals surface area contributed by atoms with Crippen LogP contribution in [0.1, 0.15) is 25.7 Å². The number of pyridine rings is 1. The van der Waals surface area contributed by atoms with E-state index in [2.05, 4.69) is 20.2 Å². The lowest BCUT2D eigenvalue weighted by molar-refractivity contribution is -0.116. The van der Waals surface area contributed by atoms with Crippen LogP contribution in [0.2, 0.25) is 0 Å². The minimum absolute atomic E-state index is 0.0762. The van der Waals surface area contributed by atoms with Gasteiger partial charge in [0, 0.05) is 26.1 Å². The number of nitrogens with one attached hydrogen (secondary N) is 1. The largest absolute Gasteiger partial charge is 0.357 e. The normalized spacial score (nSPS) is 13.8. The number of benzene rings is 1. The van der Waals surface area contributed by atoms with Gasteiger partial charge in [-0.05, 0) is 43.5 Å². The number of rotatable bonds is 6. The molecule has 0 aliphatic carbocycles. The van der Waals surface area contributed by atoms with Crippen molar-refractivity contribution in [3.05, 3.63) is 59.3 Å². The number of carbonyl (C=O) groups is 1. The Kier molecular flexibility index (Phi) is 5.32. The molecule has 3 heterocycles. The van der Waals surface area contributed by atoms with Crippen LogP contribution in [0.25, 0.3) is 10.9 Å². The van der Waals surface area contributed by atoms with Crippen LogP contribution in [0.15, 0.2) is 53.7 Å². The molecule has 0 spiro atoms. The Labute approximate surface area is 163 Å². The van der Waals surface area contributed by atoms with Crippen LogP contribution < -0.4 is 15.8 Å². The van der Waals surface area contributed by atoms with E-state index in [1.807, 2.05) is 30.3 Å². The molecule has 0 saturated carbocycles. The monoisotopic (exact) mass is 377 g/mol. The first-order valence-corrected chi connectivity index (χ1v) is 9.66. The molecular formula is C21H23N5O2. The molecule has 1 saturated heterocycles. The average molecular weight is 377 g/mol. The Bertz CT molecular complexity index is 1020. The van der Waals surface area contributed by atoms with E-state index in [0.29, 0.717) is 36.0 Å². The first-order chi connectivity index (χ1) is 13.7. The summed E-state index contributed by atoms with van der Waals surface area (Å²) in [6, 6.07) is 11.1. The van der Waals surface area contributed by atoms with Crippen LogP contribution in [0.5, 0.6) is 0 Å². The maximum atomic E-state index is 12.4. The summed E-state index contributed by atoms with van der Waals surface area (Å²) in [5.41, 5.74) is 1.30. The number of aryl methyl sites for hydroxylation is 1. The second kappa shape index (κ2) is 8.21. The quantitative estimate of drug-likeness (QED) is 0.714. The molecule has 2 aromatic heterocycles. The van der Waals surface area contributed by atoms with Crippen molar-refractivity contribution >= 4 is 28.3 Å². The van der Waals surface area contributed by atoms with E-state index >= 15 is 0 Å². The molecule has 0 atom stereocenters. The van der Waals surface area contributed by atoms with E-state index in [0.717, 1.165) is 18.9 Å². The van der Waals surface area contributed by atoms with Crippen molar-refractivity contribution in [1.29, 1.82) is 0 Å². The van der Waals surface area contributed by atoms with Crippen molar-refractivity contribution in [2.45, 2.75) is 32.2 Å². The second-order valence-corrected chi connectivity index (χ2v) is 7.01. The Morgan fingerprint density at radius 1 is 1.07 bits per heavy atom. The molecule has 28 heavy (non-hydrogen) atoms. The van der Waals surface area contributed by atoms with Gasteiger partial charge in [0.1, 0.15) is 5.82 Å². The third-order valence-electron chi connectivity index (χ3n) is 5.00. The molecule has 0 radical (unpaired) electrons. The van der Waals surface area contributed by atoms with Gasteiger partial charge in [-0.15, -0.1) is 0 Å². The second-order valence-electron chi connectivity index (χ2n) is 7.01. The number of aromatic nitrogens is 3. The van der Waals surface area contributed by atoms with E-state index in [-0.39, 0.29) is 11.5 Å². The number of fused-ring (bicyclic) bond motifs is 1. The first kappa shape index (κ1) is 18.2. The van der Waals surface area contributed by atoms with Gasteiger partial charge in [-0.2, -0.15) is 0 Å². The summed E-state index contributed by atoms with van der Waals surface area (Å²) in [5, 5.41) is 3.46. The third-order valence-corrected chi connectivity index (χ3v) is 5.00. The Morgan fingerprint density at radius 2 is 1.89 bits per heavy atom. The van der Waals surface area contributed by atoms with Crippen LogP contribution in [0.3, 0.4) is 0 Å². The molecule has 0 unspecified atom stereocenters. The first-order valence-electron chi connectivity index (χ1n) is 9.66. The molecule has 4 rings (SSSR count). The minimum atomic E-state index is -0.0856. The van der Waals surface area contributed by atoms with Crippen LogP contribution in [0.4, 0.5) is 11.5 Å². The molecule has 0 bridgehead atoms. The summed E-state index contributed by atoms with van der Waals surface area (Å²) < 4.78 is 1.56. The molecule has 144 valence electrons. The van der Waals surface area contributed by atoms with Crippen LogP contribution in [-0.2, 0) is 11.3 Å². The van der Waals surface area contributed by atoms with Crippen molar-refractivity contribution in [2.24, 2.45) is 0 Å². The van der Waals surface area contributed by atoms with E-state index < -0.39 is 0 Å². The Hall–Kier alpha value is -3.22. The van der Waals surface area contributed by atoms with Crippen LogP contribution in [0, 0.1) is 0 Å². The van der Waals surface area contributed by atoms with Crippen molar-refractivity contribution < 1.29 is 4.79 Å². The topological polar surface area (TPSA) is 80.1 Å². The van der Waals surface area contributed by atoms with E-state index in [4.69, 9.17) is 0 Å². The molecule has 7 nitrogen and oxygen atoms in total. The molecule has 7 heteroatoms. The predicted octanol–water partition coefficient (Wildman–Crippen LogP) is 2.81. The number of hydrogen-bond donors (Lipinski definition) is 1. The summed E-state index contributed by atoms with van der Waals surface area (Å²) in [6.07, 6.45) is 6.54. The maximum Gasteiger partial charge on any atom is 0.261 e. The van der Waals surface area contributed by atoms with Gasteiger partial charge in [-0.25, -0.2) is 9.97 Å². The summed E-state index contributed by atoms with van der Waals surface area (Å²) >= 11 is 0. The summed E-state index contributed by atoms with van der Waals surface area (Å²) in [5.74, 6) is 0.871. The fraction of sp³-hybridized carbons (Fsp3) is 0.333. The van der Waals surface area contributed by atoms with Crippen LogP contribution in [-0.4, -0.2) is 33.5 Å². The number of carbonyl (C=O) groups excluding carboxylic acids is 1. The Morgan fingerprint density at radius 3 is 2.68 bits per heavy atom. The van der Waals surface area contributed by atoms with Gasteiger partial charge in [-0.1, -0.05) is 12.1 Å². The van der Waals surface area contributed by atoms with Gasteiger partial charge in [0.25, 0.3) is 5.56 Å². The lowest BCUT2D eigenvalue weighted by Gasteiger charge is -2.16. The fourth-order valence-electron chi connectivity index (χ4n) is 3.49. The predicted molar refractivity (Wildman–Crippen MR) is 110 cm³/mol. The molecule has 3 aromatic rings. The molecule has 1 aliphatic rings. The fourth-order valence-corrected chi connectivity index (χ4v) is 3.49. The zero-order valence-corrected chi connectivity index (χ0v) is 15.7. The number of para-hydroxylation sites is 1. The molecule has 1 N–H and O–H groups in total. The highest BCUT2D eigenvalue weighted by atomic mass is 16.1. The number of nitrogens with zero attached hydrogens (tertiary/aromatic N) is 4. The molecular weight excluding hydrogens is 354 g/mol. The van der Waals surface area contributed by atoms with Gasteiger partial charge in [0.2, 0.25) is 5.91 Å². The summed E-state index contributed by atoms with van der Waals surface area (Å²) in [7, 11) is 0. The molecule has 1 amide bonds. The van der Waals surface area contributed by atoms with Crippen molar-refractivity contribution in [3.8, 4) is 0 Å². The Balaban J connectivity index is 1.30. The standard InChI is InChI=1S/C21H23N5O2/c27-20(24-16-9-10-19(22-14-16)25-11-3-4-12-25)8-5-13-26-15-23-18-7-2-1-6-17(18)21(26)28/h1-2,6-7,9-10,14-15H,3-5,8,11-13H2,(H,24,27). The van der Waals surface area contributed by atoms with E-state index in [1.54, 1.807) is 23.2 Å². The van der Waals surface area contributed by atoms with Crippen molar-refractivity contribution in [1.82, 2.24) is 14.5 Å².